The van der Waals surface area contributed by atoms with Gasteiger partial charge in [-0.15, -0.1) is 0 Å². The van der Waals surface area contributed by atoms with Crippen LogP contribution in [0.5, 0.6) is 0 Å². The van der Waals surface area contributed by atoms with Gasteiger partial charge in [-0.2, -0.15) is 0 Å². The molecule has 0 atom stereocenters. The molecule has 6 heteroatoms. The van der Waals surface area contributed by atoms with Gasteiger partial charge in [-0.25, -0.2) is 0 Å². The molecule has 0 rings (SSSR count). The van der Waals surface area contributed by atoms with Gasteiger partial charge in [0.15, 0.2) is 0 Å². The van der Waals surface area contributed by atoms with Gasteiger partial charge in [-0.1, -0.05) is 51.1 Å². The minimum atomic E-state index is -0.0812. The summed E-state index contributed by atoms with van der Waals surface area (Å²) in [5.74, 6) is -0.162. The third-order valence-corrected chi connectivity index (χ3v) is 4.97. The van der Waals surface area contributed by atoms with Crippen LogP contribution in [0.3, 0.4) is 0 Å². The lowest BCUT2D eigenvalue weighted by atomic mass is 10.1. The average Bonchev–Trinajstić information content (AvgIpc) is 2.60. The van der Waals surface area contributed by atoms with Crippen LogP contribution in [0.15, 0.2) is 0 Å². The number of hydrogen-bond donors (Lipinski definition) is 0. The van der Waals surface area contributed by atoms with Crippen molar-refractivity contribution in [2.45, 2.75) is 83.5 Å². The maximum atomic E-state index is 11.5. The zero-order chi connectivity index (χ0) is 18.6. The summed E-state index contributed by atoms with van der Waals surface area (Å²) >= 11 is 6.76. The Labute approximate surface area is 170 Å². The van der Waals surface area contributed by atoms with E-state index in [2.05, 4.69) is 31.9 Å². The van der Waals surface area contributed by atoms with Gasteiger partial charge in [-0.05, 0) is 51.4 Å². The van der Waals surface area contributed by atoms with Crippen LogP contribution >= 0.6 is 31.9 Å². The molecule has 25 heavy (non-hydrogen) atoms. The molecule has 0 fully saturated rings. The van der Waals surface area contributed by atoms with E-state index < -0.39 is 0 Å². The van der Waals surface area contributed by atoms with Crippen molar-refractivity contribution in [3.8, 4) is 0 Å². The van der Waals surface area contributed by atoms with E-state index >= 15 is 0 Å². The van der Waals surface area contributed by atoms with Gasteiger partial charge < -0.3 is 9.47 Å². The lowest BCUT2D eigenvalue weighted by molar-refractivity contribution is -0.144. The van der Waals surface area contributed by atoms with Gasteiger partial charge in [0.25, 0.3) is 0 Å². The van der Waals surface area contributed by atoms with Crippen LogP contribution in [0.1, 0.15) is 83.5 Å². The van der Waals surface area contributed by atoms with Crippen molar-refractivity contribution in [1.29, 1.82) is 0 Å². The van der Waals surface area contributed by atoms with E-state index in [1.54, 1.807) is 0 Å². The number of carbonyl (C=O) groups excluding carboxylic acids is 2. The minimum Gasteiger partial charge on any atom is -0.466 e. The maximum absolute atomic E-state index is 11.5. The molecule has 0 radical (unpaired) electrons. The molecule has 0 aromatic rings. The highest BCUT2D eigenvalue weighted by molar-refractivity contribution is 9.09. The smallest absolute Gasteiger partial charge is 0.305 e. The van der Waals surface area contributed by atoms with Crippen molar-refractivity contribution in [2.75, 3.05) is 23.9 Å². The van der Waals surface area contributed by atoms with Crippen molar-refractivity contribution >= 4 is 43.8 Å². The monoisotopic (exact) mass is 484 g/mol. The molecular formula is C19H34Br2O4. The highest BCUT2D eigenvalue weighted by atomic mass is 79.9. The Kier molecular flexibility index (Phi) is 20.1. The lowest BCUT2D eigenvalue weighted by Crippen LogP contribution is -2.06. The van der Waals surface area contributed by atoms with Gasteiger partial charge in [0.05, 0.1) is 13.2 Å². The Bertz CT molecular complexity index is 295. The third-order valence-electron chi connectivity index (χ3n) is 3.84. The molecule has 0 spiro atoms. The molecule has 0 aliphatic heterocycles. The van der Waals surface area contributed by atoms with Crippen LogP contribution in [0.4, 0.5) is 0 Å². The summed E-state index contributed by atoms with van der Waals surface area (Å²) in [5, 5.41) is 2.02. The molecule has 0 aliphatic carbocycles. The second-order valence-electron chi connectivity index (χ2n) is 6.21. The summed E-state index contributed by atoms with van der Waals surface area (Å²) in [6.07, 6.45) is 12.2. The maximum Gasteiger partial charge on any atom is 0.305 e. The van der Waals surface area contributed by atoms with Crippen LogP contribution in [0, 0.1) is 0 Å². The van der Waals surface area contributed by atoms with Crippen LogP contribution in [-0.4, -0.2) is 35.8 Å². The van der Waals surface area contributed by atoms with Crippen molar-refractivity contribution in [2.24, 2.45) is 0 Å². The number of rotatable bonds is 18. The highest BCUT2D eigenvalue weighted by Crippen LogP contribution is 2.09. The summed E-state index contributed by atoms with van der Waals surface area (Å²) in [5.41, 5.74) is 0. The van der Waals surface area contributed by atoms with E-state index in [4.69, 9.17) is 9.47 Å². The van der Waals surface area contributed by atoms with Crippen LogP contribution in [0.2, 0.25) is 0 Å². The molecule has 0 bridgehead atoms. The first-order valence-electron chi connectivity index (χ1n) is 9.64. The average molecular weight is 486 g/mol. The van der Waals surface area contributed by atoms with E-state index in [1.165, 1.54) is 0 Å². The SMILES string of the molecule is O=C(CCCCCCCC(=O)OCCCCCBr)OCCCCCBr. The third kappa shape index (κ3) is 20.1. The molecule has 0 unspecified atom stereocenters. The molecule has 0 amide bonds. The van der Waals surface area contributed by atoms with E-state index in [0.717, 1.165) is 81.3 Å². The Balaban J connectivity index is 3.26. The first-order valence-corrected chi connectivity index (χ1v) is 11.9. The zero-order valence-electron chi connectivity index (χ0n) is 15.4. The fourth-order valence-corrected chi connectivity index (χ4v) is 3.13. The number of unbranched alkanes of at least 4 members (excludes halogenated alkanes) is 8. The van der Waals surface area contributed by atoms with Crippen molar-refractivity contribution in [3.05, 3.63) is 0 Å². The number of esters is 2. The summed E-state index contributed by atoms with van der Waals surface area (Å²) in [7, 11) is 0. The molecule has 4 nitrogen and oxygen atoms in total. The second-order valence-corrected chi connectivity index (χ2v) is 7.79. The minimum absolute atomic E-state index is 0.0812. The lowest BCUT2D eigenvalue weighted by Gasteiger charge is -2.05. The van der Waals surface area contributed by atoms with E-state index in [0.29, 0.717) is 26.1 Å². The first-order chi connectivity index (χ1) is 12.2. The van der Waals surface area contributed by atoms with E-state index in [-0.39, 0.29) is 11.9 Å². The Morgan fingerprint density at radius 3 is 1.28 bits per heavy atom. The molecular weight excluding hydrogens is 452 g/mol. The molecule has 0 aromatic carbocycles. The Morgan fingerprint density at radius 1 is 0.520 bits per heavy atom. The Morgan fingerprint density at radius 2 is 0.880 bits per heavy atom. The predicted molar refractivity (Wildman–Crippen MR) is 110 cm³/mol. The van der Waals surface area contributed by atoms with Gasteiger partial charge in [-0.3, -0.25) is 9.59 Å². The van der Waals surface area contributed by atoms with Crippen molar-refractivity contribution in [3.63, 3.8) is 0 Å². The number of halogens is 2. The summed E-state index contributed by atoms with van der Waals surface area (Å²) < 4.78 is 10.4. The number of ether oxygens (including phenoxy) is 2. The Hall–Kier alpha value is -0.100. The van der Waals surface area contributed by atoms with Crippen LogP contribution in [-0.2, 0) is 19.1 Å². The van der Waals surface area contributed by atoms with Crippen molar-refractivity contribution in [1.82, 2.24) is 0 Å². The van der Waals surface area contributed by atoms with Crippen molar-refractivity contribution < 1.29 is 19.1 Å². The van der Waals surface area contributed by atoms with Crippen LogP contribution in [0.25, 0.3) is 0 Å². The van der Waals surface area contributed by atoms with Crippen LogP contribution < -0.4 is 0 Å². The quantitative estimate of drug-likeness (QED) is 0.137. The fraction of sp³-hybridized carbons (Fsp3) is 0.895. The summed E-state index contributed by atoms with van der Waals surface area (Å²) in [6.45, 7) is 1.09. The largest absolute Gasteiger partial charge is 0.466 e. The molecule has 0 aromatic heterocycles. The van der Waals surface area contributed by atoms with E-state index in [1.807, 2.05) is 0 Å². The van der Waals surface area contributed by atoms with Gasteiger partial charge >= 0.3 is 11.9 Å². The molecule has 0 N–H and O–H groups in total. The molecule has 0 saturated carbocycles. The predicted octanol–water partition coefficient (Wildman–Crippen LogP) is 5.93. The summed E-state index contributed by atoms with van der Waals surface area (Å²) in [6, 6.07) is 0. The number of hydrogen-bond acceptors (Lipinski definition) is 4. The highest BCUT2D eigenvalue weighted by Gasteiger charge is 2.04. The summed E-state index contributed by atoms with van der Waals surface area (Å²) in [4.78, 5) is 23.0. The molecule has 0 aliphatic rings. The topological polar surface area (TPSA) is 52.6 Å². The van der Waals surface area contributed by atoms with Gasteiger partial charge in [0, 0.05) is 23.5 Å². The fourth-order valence-electron chi connectivity index (χ4n) is 2.33. The second kappa shape index (κ2) is 20.2. The van der Waals surface area contributed by atoms with Gasteiger partial charge in [0.1, 0.15) is 0 Å². The standard InChI is InChI=1S/C19H34Br2O4/c20-14-8-4-10-16-24-18(22)12-6-2-1-3-7-13-19(23)25-17-11-5-9-15-21/h1-17H2. The number of carbonyl (C=O) groups is 2. The first kappa shape index (κ1) is 24.9. The van der Waals surface area contributed by atoms with E-state index in [9.17, 15) is 9.59 Å². The zero-order valence-corrected chi connectivity index (χ0v) is 18.6. The molecule has 0 heterocycles. The number of alkyl halides is 2. The molecule has 0 saturated heterocycles. The van der Waals surface area contributed by atoms with Gasteiger partial charge in [0.2, 0.25) is 0 Å². The molecule has 148 valence electrons. The normalized spacial score (nSPS) is 10.6.